The topological polar surface area (TPSA) is 52.4 Å². The Morgan fingerprint density at radius 2 is 1.89 bits per heavy atom. The molecule has 0 radical (unpaired) electrons. The molecule has 0 unspecified atom stereocenters. The summed E-state index contributed by atoms with van der Waals surface area (Å²) < 4.78 is 6.05. The molecular formula is C12H6BrCl2NO3. The van der Waals surface area contributed by atoms with Gasteiger partial charge in [-0.05, 0) is 24.3 Å². The molecule has 0 atom stereocenters. The van der Waals surface area contributed by atoms with Gasteiger partial charge in [-0.2, -0.15) is 0 Å². The maximum atomic E-state index is 10.8. The lowest BCUT2D eigenvalue weighted by molar-refractivity contribution is -0.385. The van der Waals surface area contributed by atoms with Gasteiger partial charge in [0.15, 0.2) is 0 Å². The minimum atomic E-state index is -0.499. The monoisotopic (exact) mass is 361 g/mol. The van der Waals surface area contributed by atoms with Crippen LogP contribution in [-0.4, -0.2) is 4.92 Å². The van der Waals surface area contributed by atoms with Crippen molar-refractivity contribution in [3.05, 3.63) is 61.0 Å². The van der Waals surface area contributed by atoms with E-state index in [0.717, 1.165) is 0 Å². The summed E-state index contributed by atoms with van der Waals surface area (Å²) in [6.07, 6.45) is 0. The van der Waals surface area contributed by atoms with E-state index in [9.17, 15) is 10.1 Å². The Hall–Kier alpha value is -1.30. The summed E-state index contributed by atoms with van der Waals surface area (Å²) in [5.41, 5.74) is -0.0746. The SMILES string of the molecule is O=[N+]([O-])c1cc(Br)cc(Oc2ccc(Cl)cc2Cl)c1. The molecule has 4 nitrogen and oxygen atoms in total. The number of hydrogen-bond acceptors (Lipinski definition) is 3. The molecule has 0 saturated carbocycles. The molecule has 0 spiro atoms. The van der Waals surface area contributed by atoms with E-state index < -0.39 is 4.92 Å². The third kappa shape index (κ3) is 3.59. The van der Waals surface area contributed by atoms with Gasteiger partial charge >= 0.3 is 0 Å². The van der Waals surface area contributed by atoms with Gasteiger partial charge in [0.1, 0.15) is 11.5 Å². The molecule has 0 aliphatic heterocycles. The van der Waals surface area contributed by atoms with Crippen LogP contribution in [0.2, 0.25) is 10.0 Å². The predicted molar refractivity (Wildman–Crippen MR) is 77.3 cm³/mol. The van der Waals surface area contributed by atoms with Crippen molar-refractivity contribution in [2.75, 3.05) is 0 Å². The quantitative estimate of drug-likeness (QED) is 0.538. The van der Waals surface area contributed by atoms with Crippen molar-refractivity contribution in [1.29, 1.82) is 0 Å². The van der Waals surface area contributed by atoms with E-state index in [4.69, 9.17) is 27.9 Å². The molecule has 0 amide bonds. The smallest absolute Gasteiger partial charge is 0.274 e. The molecule has 7 heteroatoms. The fourth-order valence-electron chi connectivity index (χ4n) is 1.40. The lowest BCUT2D eigenvalue weighted by atomic mass is 10.3. The summed E-state index contributed by atoms with van der Waals surface area (Å²) in [6, 6.07) is 9.06. The molecule has 0 heterocycles. The Kier molecular flexibility index (Phi) is 4.29. The van der Waals surface area contributed by atoms with Crippen molar-refractivity contribution in [3.8, 4) is 11.5 Å². The van der Waals surface area contributed by atoms with Crippen LogP contribution in [0.5, 0.6) is 11.5 Å². The molecule has 2 aromatic carbocycles. The summed E-state index contributed by atoms with van der Waals surface area (Å²) >= 11 is 14.9. The maximum Gasteiger partial charge on any atom is 0.274 e. The molecular weight excluding hydrogens is 357 g/mol. The van der Waals surface area contributed by atoms with Gasteiger partial charge in [-0.1, -0.05) is 39.1 Å². The van der Waals surface area contributed by atoms with E-state index in [2.05, 4.69) is 15.9 Å². The molecule has 0 aliphatic carbocycles. The van der Waals surface area contributed by atoms with Crippen LogP contribution in [0.4, 0.5) is 5.69 Å². The molecule has 0 N–H and O–H groups in total. The normalized spacial score (nSPS) is 10.3. The van der Waals surface area contributed by atoms with Crippen LogP contribution in [0.3, 0.4) is 0 Å². The number of hydrogen-bond donors (Lipinski definition) is 0. The van der Waals surface area contributed by atoms with Gasteiger partial charge in [-0.25, -0.2) is 0 Å². The molecule has 0 fully saturated rings. The van der Waals surface area contributed by atoms with Crippen LogP contribution in [0, 0.1) is 10.1 Å². The van der Waals surface area contributed by atoms with E-state index in [1.807, 2.05) is 0 Å². The van der Waals surface area contributed by atoms with E-state index >= 15 is 0 Å². The highest BCUT2D eigenvalue weighted by Gasteiger charge is 2.11. The van der Waals surface area contributed by atoms with Crippen LogP contribution in [0.1, 0.15) is 0 Å². The van der Waals surface area contributed by atoms with Crippen molar-refractivity contribution >= 4 is 44.8 Å². The lowest BCUT2D eigenvalue weighted by Gasteiger charge is -2.08. The second kappa shape index (κ2) is 5.77. The van der Waals surface area contributed by atoms with Crippen LogP contribution in [-0.2, 0) is 0 Å². The lowest BCUT2D eigenvalue weighted by Crippen LogP contribution is -1.90. The molecule has 19 heavy (non-hydrogen) atoms. The molecule has 98 valence electrons. The van der Waals surface area contributed by atoms with Gasteiger partial charge in [0, 0.05) is 15.6 Å². The number of nitro groups is 1. The Balaban J connectivity index is 2.35. The van der Waals surface area contributed by atoms with E-state index in [0.29, 0.717) is 26.0 Å². The van der Waals surface area contributed by atoms with Gasteiger partial charge in [0.25, 0.3) is 5.69 Å². The highest BCUT2D eigenvalue weighted by molar-refractivity contribution is 9.10. The zero-order valence-electron chi connectivity index (χ0n) is 9.27. The highest BCUT2D eigenvalue weighted by Crippen LogP contribution is 2.34. The van der Waals surface area contributed by atoms with Crippen molar-refractivity contribution in [2.24, 2.45) is 0 Å². The molecule has 0 aromatic heterocycles. The number of nitrogens with zero attached hydrogens (tertiary/aromatic N) is 1. The fraction of sp³-hybridized carbons (Fsp3) is 0. The van der Waals surface area contributed by atoms with Crippen LogP contribution in [0.15, 0.2) is 40.9 Å². The second-order valence-corrected chi connectivity index (χ2v) is 5.34. The first-order valence-electron chi connectivity index (χ1n) is 5.03. The zero-order chi connectivity index (χ0) is 14.0. The summed E-state index contributed by atoms with van der Waals surface area (Å²) in [7, 11) is 0. The van der Waals surface area contributed by atoms with Gasteiger partial charge in [0.2, 0.25) is 0 Å². The van der Waals surface area contributed by atoms with Crippen molar-refractivity contribution in [3.63, 3.8) is 0 Å². The Labute approximate surface area is 127 Å². The average molecular weight is 363 g/mol. The highest BCUT2D eigenvalue weighted by atomic mass is 79.9. The first kappa shape index (κ1) is 14.1. The average Bonchev–Trinajstić information content (AvgIpc) is 2.32. The van der Waals surface area contributed by atoms with Gasteiger partial charge in [-0.3, -0.25) is 10.1 Å². The van der Waals surface area contributed by atoms with Gasteiger partial charge < -0.3 is 4.74 Å². The fourth-order valence-corrected chi connectivity index (χ4v) is 2.30. The predicted octanol–water partition coefficient (Wildman–Crippen LogP) is 5.46. The van der Waals surface area contributed by atoms with Gasteiger partial charge in [-0.15, -0.1) is 0 Å². The first-order valence-corrected chi connectivity index (χ1v) is 6.58. The minimum Gasteiger partial charge on any atom is -0.455 e. The van der Waals surface area contributed by atoms with E-state index in [-0.39, 0.29) is 5.69 Å². The molecule has 0 saturated heterocycles. The van der Waals surface area contributed by atoms with Crippen LogP contribution in [0.25, 0.3) is 0 Å². The number of rotatable bonds is 3. The minimum absolute atomic E-state index is 0.0746. The first-order chi connectivity index (χ1) is 8.95. The number of ether oxygens (including phenoxy) is 1. The van der Waals surface area contributed by atoms with Crippen LogP contribution < -0.4 is 4.74 Å². The van der Waals surface area contributed by atoms with E-state index in [1.165, 1.54) is 18.2 Å². The Morgan fingerprint density at radius 3 is 2.53 bits per heavy atom. The molecule has 0 bridgehead atoms. The van der Waals surface area contributed by atoms with Crippen LogP contribution >= 0.6 is 39.1 Å². The molecule has 2 aromatic rings. The van der Waals surface area contributed by atoms with Gasteiger partial charge in [0.05, 0.1) is 16.0 Å². The summed E-state index contributed by atoms with van der Waals surface area (Å²) in [5.74, 6) is 0.684. The third-order valence-electron chi connectivity index (χ3n) is 2.19. The number of halogens is 3. The summed E-state index contributed by atoms with van der Waals surface area (Å²) in [6.45, 7) is 0. The maximum absolute atomic E-state index is 10.8. The van der Waals surface area contributed by atoms with E-state index in [1.54, 1.807) is 18.2 Å². The zero-order valence-corrected chi connectivity index (χ0v) is 12.4. The number of nitro benzene ring substituents is 1. The van der Waals surface area contributed by atoms with Crippen molar-refractivity contribution < 1.29 is 9.66 Å². The third-order valence-corrected chi connectivity index (χ3v) is 3.18. The molecule has 2 rings (SSSR count). The largest absolute Gasteiger partial charge is 0.455 e. The number of non-ortho nitro benzene ring substituents is 1. The summed E-state index contributed by atoms with van der Waals surface area (Å²) in [4.78, 5) is 10.3. The van der Waals surface area contributed by atoms with Crippen molar-refractivity contribution in [2.45, 2.75) is 0 Å². The second-order valence-electron chi connectivity index (χ2n) is 3.58. The Morgan fingerprint density at radius 1 is 1.16 bits per heavy atom. The molecule has 0 aliphatic rings. The summed E-state index contributed by atoms with van der Waals surface area (Å²) in [5, 5.41) is 11.6. The number of benzene rings is 2. The van der Waals surface area contributed by atoms with Crippen molar-refractivity contribution in [1.82, 2.24) is 0 Å². The Bertz CT molecular complexity index is 649. The standard InChI is InChI=1S/C12H6BrCl2NO3/c13-7-3-9(16(17)18)6-10(4-7)19-12-2-1-8(14)5-11(12)15/h1-6H.